The zero-order valence-electron chi connectivity index (χ0n) is 8.13. The number of hydrogen-bond acceptors (Lipinski definition) is 1. The van der Waals surface area contributed by atoms with E-state index in [1.165, 1.54) is 32.0 Å². The van der Waals surface area contributed by atoms with Crippen LogP contribution in [0.2, 0.25) is 0 Å². The molecule has 0 aliphatic carbocycles. The number of halogens is 2. The molecule has 0 aliphatic heterocycles. The summed E-state index contributed by atoms with van der Waals surface area (Å²) in [5.74, 6) is -1.60. The molecule has 0 N–H and O–H groups in total. The highest BCUT2D eigenvalue weighted by Crippen LogP contribution is 2.30. The molecule has 1 aromatic rings. The van der Waals surface area contributed by atoms with E-state index in [1.54, 1.807) is 6.07 Å². The van der Waals surface area contributed by atoms with Gasteiger partial charge < -0.3 is 4.79 Å². The fourth-order valence-corrected chi connectivity index (χ4v) is 1.33. The number of carbonyl (C=O) groups is 1. The fraction of sp³-hybridized carbons (Fsp3) is 0.364. The first kappa shape index (κ1) is 10.8. The van der Waals surface area contributed by atoms with Crippen LogP contribution in [-0.4, -0.2) is 12.0 Å². The van der Waals surface area contributed by atoms with Crippen molar-refractivity contribution in [2.24, 2.45) is 0 Å². The summed E-state index contributed by atoms with van der Waals surface area (Å²) in [7, 11) is 0. The van der Waals surface area contributed by atoms with Crippen LogP contribution < -0.4 is 0 Å². The highest BCUT2D eigenvalue weighted by atomic mass is 19.1. The van der Waals surface area contributed by atoms with Crippen LogP contribution in [0, 0.1) is 5.82 Å². The maximum Gasteiger partial charge on any atom is 0.130 e. The molecule has 3 heteroatoms. The molecule has 0 heterocycles. The first-order valence-electron chi connectivity index (χ1n) is 4.35. The van der Waals surface area contributed by atoms with Crippen molar-refractivity contribution in [1.29, 1.82) is 0 Å². The van der Waals surface area contributed by atoms with Crippen LogP contribution in [0.5, 0.6) is 0 Å². The van der Waals surface area contributed by atoms with E-state index in [0.29, 0.717) is 6.29 Å². The van der Waals surface area contributed by atoms with E-state index in [-0.39, 0.29) is 5.56 Å². The van der Waals surface area contributed by atoms with Crippen LogP contribution in [0.15, 0.2) is 24.3 Å². The summed E-state index contributed by atoms with van der Waals surface area (Å²) in [4.78, 5) is 10.7. The van der Waals surface area contributed by atoms with Gasteiger partial charge in [0, 0.05) is 5.56 Å². The number of benzene rings is 1. The Bertz CT molecular complexity index is 328. The standard InChI is InChI=1S/C11H12F2O/c1-11(2,13)9(7-14)8-5-3-4-6-10(8)12/h3-7,9H,1-2H3. The number of alkyl halides is 1. The first-order valence-corrected chi connectivity index (χ1v) is 4.35. The lowest BCUT2D eigenvalue weighted by molar-refractivity contribution is -0.111. The first-order chi connectivity index (χ1) is 6.46. The third-order valence-corrected chi connectivity index (χ3v) is 2.12. The van der Waals surface area contributed by atoms with Gasteiger partial charge in [-0.05, 0) is 19.9 Å². The zero-order chi connectivity index (χ0) is 10.8. The summed E-state index contributed by atoms with van der Waals surface area (Å²) < 4.78 is 26.8. The Labute approximate surface area is 81.7 Å². The predicted octanol–water partition coefficient (Wildman–Crippen LogP) is 2.86. The van der Waals surface area contributed by atoms with Crippen LogP contribution in [0.25, 0.3) is 0 Å². The number of aldehydes is 1. The largest absolute Gasteiger partial charge is 0.303 e. The molecule has 0 saturated carbocycles. The molecule has 0 bridgehead atoms. The normalized spacial score (nSPS) is 13.7. The molecule has 1 atom stereocenters. The second kappa shape index (κ2) is 3.86. The van der Waals surface area contributed by atoms with Gasteiger partial charge >= 0.3 is 0 Å². The molecule has 0 aliphatic rings. The average molecular weight is 198 g/mol. The number of carbonyl (C=O) groups excluding carboxylic acids is 1. The molecule has 14 heavy (non-hydrogen) atoms. The van der Waals surface area contributed by atoms with Crippen molar-refractivity contribution in [3.05, 3.63) is 35.6 Å². The van der Waals surface area contributed by atoms with Gasteiger partial charge in [-0.15, -0.1) is 0 Å². The van der Waals surface area contributed by atoms with Gasteiger partial charge in [0.1, 0.15) is 17.8 Å². The van der Waals surface area contributed by atoms with Gasteiger partial charge in [-0.25, -0.2) is 8.78 Å². The maximum absolute atomic E-state index is 13.5. The molecule has 0 saturated heterocycles. The van der Waals surface area contributed by atoms with Gasteiger partial charge in [0.05, 0.1) is 5.92 Å². The van der Waals surface area contributed by atoms with Gasteiger partial charge in [-0.2, -0.15) is 0 Å². The van der Waals surface area contributed by atoms with E-state index < -0.39 is 17.4 Å². The lowest BCUT2D eigenvalue weighted by Gasteiger charge is -2.22. The van der Waals surface area contributed by atoms with E-state index in [0.717, 1.165) is 0 Å². The third kappa shape index (κ3) is 2.16. The molecule has 0 fully saturated rings. The smallest absolute Gasteiger partial charge is 0.130 e. The SMILES string of the molecule is CC(C)(F)C(C=O)c1ccccc1F. The molecule has 0 aromatic heterocycles. The van der Waals surface area contributed by atoms with Gasteiger partial charge in [0.25, 0.3) is 0 Å². The highest BCUT2D eigenvalue weighted by molar-refractivity contribution is 5.64. The van der Waals surface area contributed by atoms with Crippen molar-refractivity contribution >= 4 is 6.29 Å². The summed E-state index contributed by atoms with van der Waals surface area (Å²) in [5.41, 5.74) is -1.64. The van der Waals surface area contributed by atoms with E-state index in [2.05, 4.69) is 0 Å². The lowest BCUT2D eigenvalue weighted by Crippen LogP contribution is -2.25. The topological polar surface area (TPSA) is 17.1 Å². The minimum absolute atomic E-state index is 0.106. The van der Waals surface area contributed by atoms with Crippen molar-refractivity contribution < 1.29 is 13.6 Å². The summed E-state index contributed by atoms with van der Waals surface area (Å²) in [6.07, 6.45) is 0.443. The van der Waals surface area contributed by atoms with Gasteiger partial charge in [-0.1, -0.05) is 18.2 Å². The van der Waals surface area contributed by atoms with Crippen LogP contribution in [0.3, 0.4) is 0 Å². The van der Waals surface area contributed by atoms with Gasteiger partial charge in [0.15, 0.2) is 0 Å². The molecule has 0 amide bonds. The zero-order valence-corrected chi connectivity index (χ0v) is 8.13. The van der Waals surface area contributed by atoms with Crippen LogP contribution >= 0.6 is 0 Å². The minimum atomic E-state index is -1.75. The lowest BCUT2D eigenvalue weighted by atomic mass is 9.87. The Balaban J connectivity index is 3.14. The van der Waals surface area contributed by atoms with Crippen molar-refractivity contribution in [2.75, 3.05) is 0 Å². The molecule has 76 valence electrons. The molecular formula is C11H12F2O. The van der Waals surface area contributed by atoms with Gasteiger partial charge in [0.2, 0.25) is 0 Å². The molecule has 1 aromatic carbocycles. The van der Waals surface area contributed by atoms with Crippen LogP contribution in [0.4, 0.5) is 8.78 Å². The summed E-state index contributed by atoms with van der Waals surface area (Å²) >= 11 is 0. The molecule has 1 nitrogen and oxygen atoms in total. The average Bonchev–Trinajstić information content (AvgIpc) is 2.07. The van der Waals surface area contributed by atoms with E-state index in [9.17, 15) is 13.6 Å². The third-order valence-electron chi connectivity index (χ3n) is 2.12. The summed E-state index contributed by atoms with van der Waals surface area (Å²) in [6, 6.07) is 5.74. The minimum Gasteiger partial charge on any atom is -0.303 e. The Morgan fingerprint density at radius 1 is 1.36 bits per heavy atom. The summed E-state index contributed by atoms with van der Waals surface area (Å²) in [5, 5.41) is 0. The molecule has 0 radical (unpaired) electrons. The second-order valence-corrected chi connectivity index (χ2v) is 3.70. The Morgan fingerprint density at radius 3 is 2.36 bits per heavy atom. The second-order valence-electron chi connectivity index (χ2n) is 3.70. The summed E-state index contributed by atoms with van der Waals surface area (Å²) in [6.45, 7) is 2.52. The Hall–Kier alpha value is -1.25. The van der Waals surface area contributed by atoms with Gasteiger partial charge in [-0.3, -0.25) is 0 Å². The Morgan fingerprint density at radius 2 is 1.93 bits per heavy atom. The van der Waals surface area contributed by atoms with Crippen molar-refractivity contribution in [1.82, 2.24) is 0 Å². The van der Waals surface area contributed by atoms with Crippen molar-refractivity contribution in [3.8, 4) is 0 Å². The van der Waals surface area contributed by atoms with Crippen LogP contribution in [-0.2, 0) is 4.79 Å². The quantitative estimate of drug-likeness (QED) is 0.682. The number of hydrogen-bond donors (Lipinski definition) is 0. The molecule has 1 rings (SSSR count). The number of rotatable bonds is 3. The fourth-order valence-electron chi connectivity index (χ4n) is 1.33. The van der Waals surface area contributed by atoms with E-state index in [4.69, 9.17) is 0 Å². The molecule has 1 unspecified atom stereocenters. The molecular weight excluding hydrogens is 186 g/mol. The Kier molecular flexibility index (Phi) is 2.99. The maximum atomic E-state index is 13.5. The van der Waals surface area contributed by atoms with E-state index >= 15 is 0 Å². The van der Waals surface area contributed by atoms with E-state index in [1.807, 2.05) is 0 Å². The monoisotopic (exact) mass is 198 g/mol. The molecule has 0 spiro atoms. The van der Waals surface area contributed by atoms with Crippen LogP contribution in [0.1, 0.15) is 25.3 Å². The highest BCUT2D eigenvalue weighted by Gasteiger charge is 2.31. The predicted molar refractivity (Wildman–Crippen MR) is 50.4 cm³/mol. The van der Waals surface area contributed by atoms with Crippen molar-refractivity contribution in [2.45, 2.75) is 25.4 Å². The van der Waals surface area contributed by atoms with Crippen molar-refractivity contribution in [3.63, 3.8) is 0 Å².